The normalized spacial score (nSPS) is 16.5. The summed E-state index contributed by atoms with van der Waals surface area (Å²) in [6.07, 6.45) is -0.372. The molecule has 0 saturated carbocycles. The van der Waals surface area contributed by atoms with E-state index in [-0.39, 0.29) is 30.3 Å². The SMILES string of the molecule is C[C@H](c1ccccc1)N1C(=O)OC[C@H]1Cn1nnc(-c2ccccc2Nc2ccc(C(C)(F)F)cc2)n1. The Kier molecular flexibility index (Phi) is 6.56. The van der Waals surface area contributed by atoms with Gasteiger partial charge in [-0.1, -0.05) is 54.6 Å². The minimum atomic E-state index is -2.90. The van der Waals surface area contributed by atoms with Gasteiger partial charge in [0.2, 0.25) is 5.82 Å². The Labute approximate surface area is 212 Å². The highest BCUT2D eigenvalue weighted by atomic mass is 19.3. The number of hydrogen-bond acceptors (Lipinski definition) is 6. The highest BCUT2D eigenvalue weighted by Gasteiger charge is 2.37. The fourth-order valence-electron chi connectivity index (χ4n) is 4.38. The van der Waals surface area contributed by atoms with Crippen LogP contribution in [-0.4, -0.2) is 43.8 Å². The Hall–Kier alpha value is -4.34. The number of hydrogen-bond donors (Lipinski definition) is 1. The van der Waals surface area contributed by atoms with Crippen molar-refractivity contribution < 1.29 is 18.3 Å². The summed E-state index contributed by atoms with van der Waals surface area (Å²) >= 11 is 0. The van der Waals surface area contributed by atoms with Gasteiger partial charge in [0.1, 0.15) is 6.61 Å². The molecular formula is C27H26F2N6O2. The third-order valence-electron chi connectivity index (χ3n) is 6.37. The maximum atomic E-state index is 13.5. The van der Waals surface area contributed by atoms with Gasteiger partial charge in [0.25, 0.3) is 5.92 Å². The summed E-state index contributed by atoms with van der Waals surface area (Å²) in [7, 11) is 0. The minimum Gasteiger partial charge on any atom is -0.447 e. The van der Waals surface area contributed by atoms with Crippen molar-refractivity contribution in [3.05, 3.63) is 90.0 Å². The number of alkyl halides is 2. The first-order chi connectivity index (χ1) is 17.8. The molecule has 8 nitrogen and oxygen atoms in total. The van der Waals surface area contributed by atoms with E-state index in [0.29, 0.717) is 29.3 Å². The standard InChI is InChI=1S/C27H26F2N6O2/c1-18(19-8-4-3-5-9-19)35-22(17-37-26(35)36)16-34-32-25(31-33-34)23-10-6-7-11-24(23)30-21-14-12-20(13-15-21)27(2,28)29/h3-15,18,22,30H,16-17H2,1-2H3/t18-,22-/m1/s1. The topological polar surface area (TPSA) is 85.2 Å². The average molecular weight is 505 g/mol. The number of amides is 1. The molecule has 1 saturated heterocycles. The molecule has 2 heterocycles. The summed E-state index contributed by atoms with van der Waals surface area (Å²) < 4.78 is 32.4. The molecule has 1 aromatic heterocycles. The Morgan fingerprint density at radius 2 is 1.76 bits per heavy atom. The van der Waals surface area contributed by atoms with Gasteiger partial charge in [-0.2, -0.15) is 4.80 Å². The first kappa shape index (κ1) is 24.4. The van der Waals surface area contributed by atoms with Crippen molar-refractivity contribution in [3.8, 4) is 11.4 Å². The fraction of sp³-hybridized carbons (Fsp3) is 0.259. The lowest BCUT2D eigenvalue weighted by molar-refractivity contribution is 0.0175. The zero-order valence-corrected chi connectivity index (χ0v) is 20.4. The molecule has 1 amide bonds. The van der Waals surface area contributed by atoms with Crippen LogP contribution in [0.1, 0.15) is 31.0 Å². The number of carbonyl (C=O) groups excluding carboxylic acids is 1. The molecule has 5 rings (SSSR count). The molecular weight excluding hydrogens is 478 g/mol. The van der Waals surface area contributed by atoms with Crippen LogP contribution in [0.25, 0.3) is 11.4 Å². The van der Waals surface area contributed by atoms with Crippen LogP contribution < -0.4 is 5.32 Å². The molecule has 10 heteroatoms. The van der Waals surface area contributed by atoms with Crippen molar-refractivity contribution in [1.82, 2.24) is 25.1 Å². The number of nitrogens with zero attached hydrogens (tertiary/aromatic N) is 5. The molecule has 37 heavy (non-hydrogen) atoms. The average Bonchev–Trinajstić information content (AvgIpc) is 3.51. The minimum absolute atomic E-state index is 0.0547. The van der Waals surface area contributed by atoms with Gasteiger partial charge < -0.3 is 10.1 Å². The molecule has 0 spiro atoms. The third kappa shape index (κ3) is 5.28. The summed E-state index contributed by atoms with van der Waals surface area (Å²) in [4.78, 5) is 15.7. The van der Waals surface area contributed by atoms with E-state index in [4.69, 9.17) is 4.74 Å². The zero-order valence-electron chi connectivity index (χ0n) is 20.4. The Morgan fingerprint density at radius 1 is 1.05 bits per heavy atom. The van der Waals surface area contributed by atoms with Gasteiger partial charge in [-0.15, -0.1) is 10.2 Å². The molecule has 190 valence electrons. The van der Waals surface area contributed by atoms with Gasteiger partial charge in [0, 0.05) is 29.4 Å². The molecule has 2 atom stereocenters. The molecule has 0 aliphatic carbocycles. The number of ether oxygens (including phenoxy) is 1. The smallest absolute Gasteiger partial charge is 0.410 e. The number of cyclic esters (lactones) is 1. The van der Waals surface area contributed by atoms with Crippen molar-refractivity contribution in [2.75, 3.05) is 11.9 Å². The van der Waals surface area contributed by atoms with Crippen LogP contribution in [0.5, 0.6) is 0 Å². The molecule has 0 unspecified atom stereocenters. The van der Waals surface area contributed by atoms with Crippen LogP contribution in [0.15, 0.2) is 78.9 Å². The van der Waals surface area contributed by atoms with Crippen molar-refractivity contribution >= 4 is 17.5 Å². The summed E-state index contributed by atoms with van der Waals surface area (Å²) in [5, 5.41) is 16.2. The van der Waals surface area contributed by atoms with E-state index < -0.39 is 5.92 Å². The van der Waals surface area contributed by atoms with Gasteiger partial charge in [0.15, 0.2) is 0 Å². The van der Waals surface area contributed by atoms with E-state index in [1.54, 1.807) is 17.0 Å². The Balaban J connectivity index is 1.33. The molecule has 1 aliphatic heterocycles. The number of nitrogens with one attached hydrogen (secondary N) is 1. The van der Waals surface area contributed by atoms with Crippen molar-refractivity contribution in [3.63, 3.8) is 0 Å². The van der Waals surface area contributed by atoms with Gasteiger partial charge in [-0.05, 0) is 42.0 Å². The second-order valence-electron chi connectivity index (χ2n) is 9.03. The van der Waals surface area contributed by atoms with Crippen LogP contribution in [0.3, 0.4) is 0 Å². The molecule has 0 bridgehead atoms. The monoisotopic (exact) mass is 504 g/mol. The van der Waals surface area contributed by atoms with Gasteiger partial charge in [0.05, 0.1) is 18.6 Å². The van der Waals surface area contributed by atoms with E-state index in [2.05, 4.69) is 20.7 Å². The molecule has 1 fully saturated rings. The highest BCUT2D eigenvalue weighted by Crippen LogP contribution is 2.31. The van der Waals surface area contributed by atoms with Gasteiger partial charge in [-0.25, -0.2) is 13.6 Å². The van der Waals surface area contributed by atoms with E-state index >= 15 is 0 Å². The van der Waals surface area contributed by atoms with E-state index in [9.17, 15) is 13.6 Å². The molecule has 0 radical (unpaired) electrons. The summed E-state index contributed by atoms with van der Waals surface area (Å²) in [5.74, 6) is -2.50. The lowest BCUT2D eigenvalue weighted by Crippen LogP contribution is -2.39. The number of halogens is 2. The van der Waals surface area contributed by atoms with Gasteiger partial charge >= 0.3 is 6.09 Å². The molecule has 3 aromatic carbocycles. The van der Waals surface area contributed by atoms with Gasteiger partial charge in [-0.3, -0.25) is 4.90 Å². The lowest BCUT2D eigenvalue weighted by Gasteiger charge is -2.27. The number of benzene rings is 3. The number of anilines is 2. The number of aromatic nitrogens is 4. The number of para-hydroxylation sites is 1. The van der Waals surface area contributed by atoms with E-state index in [1.807, 2.05) is 61.5 Å². The first-order valence-corrected chi connectivity index (χ1v) is 11.9. The van der Waals surface area contributed by atoms with E-state index in [1.165, 1.54) is 16.9 Å². The summed E-state index contributed by atoms with van der Waals surface area (Å²) in [5.41, 5.74) is 3.01. The second kappa shape index (κ2) is 9.96. The third-order valence-corrected chi connectivity index (χ3v) is 6.37. The summed E-state index contributed by atoms with van der Waals surface area (Å²) in [6.45, 7) is 3.39. The van der Waals surface area contributed by atoms with E-state index in [0.717, 1.165) is 12.5 Å². The predicted octanol–water partition coefficient (Wildman–Crippen LogP) is 5.78. The predicted molar refractivity (Wildman–Crippen MR) is 134 cm³/mol. The Bertz CT molecular complexity index is 1370. The first-order valence-electron chi connectivity index (χ1n) is 11.9. The number of tetrazole rings is 1. The fourth-order valence-corrected chi connectivity index (χ4v) is 4.38. The maximum absolute atomic E-state index is 13.5. The van der Waals surface area contributed by atoms with Crippen molar-refractivity contribution in [2.45, 2.75) is 38.4 Å². The lowest BCUT2D eigenvalue weighted by atomic mass is 10.1. The summed E-state index contributed by atoms with van der Waals surface area (Å²) in [6, 6.07) is 22.7. The van der Waals surface area contributed by atoms with Crippen LogP contribution in [0.2, 0.25) is 0 Å². The molecule has 4 aromatic rings. The molecule has 1 aliphatic rings. The quantitative estimate of drug-likeness (QED) is 0.328. The van der Waals surface area contributed by atoms with Crippen molar-refractivity contribution in [2.24, 2.45) is 0 Å². The highest BCUT2D eigenvalue weighted by molar-refractivity contribution is 5.77. The van der Waals surface area contributed by atoms with Crippen LogP contribution in [-0.2, 0) is 17.2 Å². The maximum Gasteiger partial charge on any atom is 0.410 e. The van der Waals surface area contributed by atoms with Crippen molar-refractivity contribution in [1.29, 1.82) is 0 Å². The second-order valence-corrected chi connectivity index (χ2v) is 9.03. The van der Waals surface area contributed by atoms with Crippen LogP contribution in [0, 0.1) is 0 Å². The Morgan fingerprint density at radius 3 is 2.49 bits per heavy atom. The van der Waals surface area contributed by atoms with Crippen LogP contribution >= 0.6 is 0 Å². The molecule has 1 N–H and O–H groups in total. The largest absolute Gasteiger partial charge is 0.447 e. The number of carbonyl (C=O) groups is 1. The zero-order chi connectivity index (χ0) is 26.0. The van der Waals surface area contributed by atoms with Crippen LogP contribution in [0.4, 0.5) is 25.0 Å². The number of rotatable bonds is 8.